The lowest BCUT2D eigenvalue weighted by molar-refractivity contribution is 0.0106. The van der Waals surface area contributed by atoms with Crippen LogP contribution in [0.4, 0.5) is 4.39 Å². The normalized spacial score (nSPS) is 20.8. The van der Waals surface area contributed by atoms with Gasteiger partial charge in [-0.15, -0.1) is 0 Å². The molecule has 2 aliphatic heterocycles. The molecule has 4 rings (SSSR count). The Morgan fingerprint density at radius 2 is 1.96 bits per heavy atom. The molecule has 140 valence electrons. The minimum Gasteiger partial charge on any atom is -0.473 e. The Kier molecular flexibility index (Phi) is 4.96. The van der Waals surface area contributed by atoms with Crippen molar-refractivity contribution in [3.05, 3.63) is 35.6 Å². The van der Waals surface area contributed by atoms with Gasteiger partial charge in [0.2, 0.25) is 5.88 Å². The first kappa shape index (κ1) is 17.5. The number of aryl methyl sites for hydroxylation is 1. The Bertz CT molecular complexity index is 768. The van der Waals surface area contributed by atoms with Crippen LogP contribution >= 0.6 is 0 Å². The van der Waals surface area contributed by atoms with Crippen molar-refractivity contribution in [2.45, 2.75) is 38.8 Å². The molecule has 6 heteroatoms. The third-order valence-electron chi connectivity index (χ3n) is 5.15. The molecule has 0 radical (unpaired) electrons. The molecular formula is C20H26FN3O2. The highest BCUT2D eigenvalue weighted by atomic mass is 19.1. The fourth-order valence-corrected chi connectivity index (χ4v) is 3.79. The number of hydrogen-bond acceptors (Lipinski definition) is 4. The number of ether oxygens (including phenoxy) is 2. The van der Waals surface area contributed by atoms with Crippen LogP contribution < -0.4 is 4.74 Å². The van der Waals surface area contributed by atoms with Crippen LogP contribution in [0.15, 0.2) is 24.3 Å². The summed E-state index contributed by atoms with van der Waals surface area (Å²) in [5, 5.41) is 4.70. The maximum absolute atomic E-state index is 14.4. The highest BCUT2D eigenvalue weighted by Gasteiger charge is 2.30. The summed E-state index contributed by atoms with van der Waals surface area (Å²) in [5.74, 6) is 0.771. The molecule has 0 amide bonds. The topological polar surface area (TPSA) is 39.5 Å². The van der Waals surface area contributed by atoms with E-state index in [0.717, 1.165) is 57.3 Å². The summed E-state index contributed by atoms with van der Waals surface area (Å²) < 4.78 is 28.1. The lowest BCUT2D eigenvalue weighted by atomic mass is 9.98. The predicted octanol–water partition coefficient (Wildman–Crippen LogP) is 3.30. The third kappa shape index (κ3) is 3.35. The van der Waals surface area contributed by atoms with E-state index in [1.807, 2.05) is 10.7 Å². The first-order valence-corrected chi connectivity index (χ1v) is 9.46. The Morgan fingerprint density at radius 3 is 2.69 bits per heavy atom. The van der Waals surface area contributed by atoms with Crippen molar-refractivity contribution >= 4 is 0 Å². The van der Waals surface area contributed by atoms with Gasteiger partial charge in [0, 0.05) is 43.7 Å². The second-order valence-electron chi connectivity index (χ2n) is 7.37. The van der Waals surface area contributed by atoms with Gasteiger partial charge in [-0.2, -0.15) is 5.10 Å². The summed E-state index contributed by atoms with van der Waals surface area (Å²) in [7, 11) is 0. The van der Waals surface area contributed by atoms with Gasteiger partial charge in [0.1, 0.15) is 17.6 Å². The zero-order valence-electron chi connectivity index (χ0n) is 15.4. The fraction of sp³-hybridized carbons (Fsp3) is 0.550. The molecule has 1 atom stereocenters. The van der Waals surface area contributed by atoms with E-state index in [1.54, 1.807) is 12.1 Å². The molecule has 0 saturated carbocycles. The molecule has 2 aromatic rings. The van der Waals surface area contributed by atoms with E-state index in [-0.39, 0.29) is 17.8 Å². The minimum atomic E-state index is -0.241. The van der Waals surface area contributed by atoms with Crippen LogP contribution in [-0.2, 0) is 11.3 Å². The van der Waals surface area contributed by atoms with Crippen molar-refractivity contribution < 1.29 is 13.9 Å². The van der Waals surface area contributed by atoms with Crippen LogP contribution in [0, 0.1) is 5.82 Å². The largest absolute Gasteiger partial charge is 0.473 e. The zero-order chi connectivity index (χ0) is 18.1. The molecule has 2 aliphatic rings. The minimum absolute atomic E-state index is 0.142. The van der Waals surface area contributed by atoms with E-state index in [1.165, 1.54) is 6.07 Å². The summed E-state index contributed by atoms with van der Waals surface area (Å²) in [6.45, 7) is 9.42. The van der Waals surface area contributed by atoms with Gasteiger partial charge in [0.05, 0.1) is 13.2 Å². The lowest BCUT2D eigenvalue weighted by Gasteiger charge is -2.33. The first-order chi connectivity index (χ1) is 12.6. The number of halogens is 1. The molecule has 0 aliphatic carbocycles. The number of morpholine rings is 1. The van der Waals surface area contributed by atoms with Gasteiger partial charge < -0.3 is 9.47 Å². The average Bonchev–Trinajstić information content (AvgIpc) is 3.01. The van der Waals surface area contributed by atoms with Gasteiger partial charge >= 0.3 is 0 Å². The average molecular weight is 359 g/mol. The van der Waals surface area contributed by atoms with E-state index in [0.29, 0.717) is 11.3 Å². The maximum atomic E-state index is 14.4. The first-order valence-electron chi connectivity index (χ1n) is 9.46. The third-order valence-corrected chi connectivity index (χ3v) is 5.15. The van der Waals surface area contributed by atoms with E-state index < -0.39 is 0 Å². The molecule has 1 aromatic heterocycles. The van der Waals surface area contributed by atoms with E-state index in [4.69, 9.17) is 14.6 Å². The van der Waals surface area contributed by atoms with Crippen LogP contribution in [-0.4, -0.2) is 53.6 Å². The maximum Gasteiger partial charge on any atom is 0.216 e. The highest BCUT2D eigenvalue weighted by Crippen LogP contribution is 2.39. The molecule has 0 spiro atoms. The standard InChI is InChI=1S/C20H26FN3O2/c1-14(2)18-19(16-5-3-4-6-17(16)21)22-24-8-7-15(26-20(18)24)13-23-9-11-25-12-10-23/h3-6,14-15H,7-13H2,1-2H3. The van der Waals surface area contributed by atoms with E-state index >= 15 is 0 Å². The number of nitrogens with zero attached hydrogens (tertiary/aromatic N) is 3. The van der Waals surface area contributed by atoms with Crippen molar-refractivity contribution in [2.75, 3.05) is 32.8 Å². The van der Waals surface area contributed by atoms with Gasteiger partial charge in [-0.3, -0.25) is 4.90 Å². The number of rotatable bonds is 4. The van der Waals surface area contributed by atoms with Crippen LogP contribution in [0.2, 0.25) is 0 Å². The molecule has 1 saturated heterocycles. The number of aromatic nitrogens is 2. The summed E-state index contributed by atoms with van der Waals surface area (Å²) >= 11 is 0. The second-order valence-corrected chi connectivity index (χ2v) is 7.37. The molecule has 0 N–H and O–H groups in total. The SMILES string of the molecule is CC(C)c1c(-c2ccccc2F)nn2c1OC(CN1CCOCC1)CC2. The van der Waals surface area contributed by atoms with Gasteiger partial charge in [0.25, 0.3) is 0 Å². The molecule has 3 heterocycles. The van der Waals surface area contributed by atoms with E-state index in [9.17, 15) is 4.39 Å². The zero-order valence-corrected chi connectivity index (χ0v) is 15.4. The van der Waals surface area contributed by atoms with Gasteiger partial charge in [0.15, 0.2) is 0 Å². The van der Waals surface area contributed by atoms with Crippen LogP contribution in [0.1, 0.15) is 31.7 Å². The monoisotopic (exact) mass is 359 g/mol. The number of hydrogen-bond donors (Lipinski definition) is 0. The molecule has 1 unspecified atom stereocenters. The summed E-state index contributed by atoms with van der Waals surface area (Å²) in [6.07, 6.45) is 1.06. The highest BCUT2D eigenvalue weighted by molar-refractivity contribution is 5.67. The Balaban J connectivity index is 1.62. The van der Waals surface area contributed by atoms with Crippen molar-refractivity contribution in [3.8, 4) is 17.1 Å². The Hall–Kier alpha value is -1.92. The molecule has 5 nitrogen and oxygen atoms in total. The summed E-state index contributed by atoms with van der Waals surface area (Å²) in [6, 6.07) is 6.84. The molecule has 1 fully saturated rings. The van der Waals surface area contributed by atoms with Crippen molar-refractivity contribution in [3.63, 3.8) is 0 Å². The Labute approximate surface area is 153 Å². The predicted molar refractivity (Wildman–Crippen MR) is 98.0 cm³/mol. The molecule has 1 aromatic carbocycles. The summed E-state index contributed by atoms with van der Waals surface area (Å²) in [5.41, 5.74) is 2.26. The van der Waals surface area contributed by atoms with E-state index in [2.05, 4.69) is 18.7 Å². The van der Waals surface area contributed by atoms with Crippen LogP contribution in [0.25, 0.3) is 11.3 Å². The van der Waals surface area contributed by atoms with Gasteiger partial charge in [-0.05, 0) is 18.1 Å². The van der Waals surface area contributed by atoms with Crippen molar-refractivity contribution in [1.82, 2.24) is 14.7 Å². The smallest absolute Gasteiger partial charge is 0.216 e. The van der Waals surface area contributed by atoms with Gasteiger partial charge in [-0.25, -0.2) is 9.07 Å². The van der Waals surface area contributed by atoms with Crippen molar-refractivity contribution in [2.24, 2.45) is 0 Å². The lowest BCUT2D eigenvalue weighted by Crippen LogP contribution is -2.44. The molecule has 0 bridgehead atoms. The fourth-order valence-electron chi connectivity index (χ4n) is 3.79. The number of fused-ring (bicyclic) bond motifs is 1. The van der Waals surface area contributed by atoms with Crippen molar-refractivity contribution in [1.29, 1.82) is 0 Å². The Morgan fingerprint density at radius 1 is 1.19 bits per heavy atom. The second kappa shape index (κ2) is 7.37. The van der Waals surface area contributed by atoms with Crippen LogP contribution in [0.5, 0.6) is 5.88 Å². The number of benzene rings is 1. The summed E-state index contributed by atoms with van der Waals surface area (Å²) in [4.78, 5) is 2.40. The molecule has 26 heavy (non-hydrogen) atoms. The molecular weight excluding hydrogens is 333 g/mol. The quantitative estimate of drug-likeness (QED) is 0.840. The van der Waals surface area contributed by atoms with Gasteiger partial charge in [-0.1, -0.05) is 26.0 Å². The van der Waals surface area contributed by atoms with Crippen LogP contribution in [0.3, 0.4) is 0 Å².